The highest BCUT2D eigenvalue weighted by Gasteiger charge is 2.25. The van der Waals surface area contributed by atoms with Gasteiger partial charge in [0.1, 0.15) is 0 Å². The van der Waals surface area contributed by atoms with Crippen molar-refractivity contribution in [3.8, 4) is 0 Å². The van der Waals surface area contributed by atoms with Gasteiger partial charge in [-0.25, -0.2) is 0 Å². The second-order valence-electron chi connectivity index (χ2n) is 6.15. The van der Waals surface area contributed by atoms with Gasteiger partial charge >= 0.3 is 0 Å². The molecule has 2 atom stereocenters. The molecule has 3 N–H and O–H groups in total. The van der Waals surface area contributed by atoms with Gasteiger partial charge in [0.15, 0.2) is 0 Å². The van der Waals surface area contributed by atoms with Gasteiger partial charge in [-0.1, -0.05) is 25.1 Å². The molecule has 0 amide bonds. The van der Waals surface area contributed by atoms with Gasteiger partial charge in [-0.2, -0.15) is 0 Å². The van der Waals surface area contributed by atoms with Crippen molar-refractivity contribution < 1.29 is 0 Å². The molecule has 1 aliphatic rings. The number of rotatable bonds is 4. The molecule has 1 aromatic carbocycles. The van der Waals surface area contributed by atoms with E-state index in [1.165, 1.54) is 35.0 Å². The van der Waals surface area contributed by atoms with Crippen molar-refractivity contribution >= 4 is 10.9 Å². The van der Waals surface area contributed by atoms with E-state index in [4.69, 9.17) is 5.73 Å². The number of benzene rings is 1. The first kappa shape index (κ1) is 13.7. The van der Waals surface area contributed by atoms with Gasteiger partial charge in [0.05, 0.1) is 0 Å². The second-order valence-corrected chi connectivity index (χ2v) is 6.15. The molecule has 108 valence electrons. The Morgan fingerprint density at radius 3 is 2.95 bits per heavy atom. The fourth-order valence-electron chi connectivity index (χ4n) is 3.38. The fourth-order valence-corrected chi connectivity index (χ4v) is 3.38. The first-order valence-corrected chi connectivity index (χ1v) is 7.74. The Morgan fingerprint density at radius 1 is 1.40 bits per heavy atom. The minimum Gasteiger partial charge on any atom is -0.361 e. The van der Waals surface area contributed by atoms with Crippen molar-refractivity contribution in [1.82, 2.24) is 9.88 Å². The number of aromatic nitrogens is 1. The van der Waals surface area contributed by atoms with Crippen LogP contribution < -0.4 is 5.73 Å². The van der Waals surface area contributed by atoms with Gasteiger partial charge in [0.25, 0.3) is 0 Å². The van der Waals surface area contributed by atoms with E-state index >= 15 is 0 Å². The zero-order chi connectivity index (χ0) is 14.1. The highest BCUT2D eigenvalue weighted by Crippen LogP contribution is 2.26. The topological polar surface area (TPSA) is 45.0 Å². The largest absolute Gasteiger partial charge is 0.361 e. The number of nitrogens with one attached hydrogen (secondary N) is 1. The molecule has 0 radical (unpaired) electrons. The Hall–Kier alpha value is -1.32. The summed E-state index contributed by atoms with van der Waals surface area (Å²) in [6.07, 6.45) is 4.50. The monoisotopic (exact) mass is 271 g/mol. The molecule has 0 spiro atoms. The van der Waals surface area contributed by atoms with Crippen molar-refractivity contribution in [2.45, 2.75) is 39.3 Å². The van der Waals surface area contributed by atoms with Crippen molar-refractivity contribution in [2.75, 3.05) is 13.1 Å². The lowest BCUT2D eigenvalue weighted by Crippen LogP contribution is -2.29. The smallest absolute Gasteiger partial charge is 0.0489 e. The molecule has 0 aliphatic carbocycles. The second kappa shape index (κ2) is 5.58. The normalized spacial score (nSPS) is 21.6. The predicted molar refractivity (Wildman–Crippen MR) is 84.7 cm³/mol. The van der Waals surface area contributed by atoms with Gasteiger partial charge in [0, 0.05) is 36.2 Å². The van der Waals surface area contributed by atoms with Crippen LogP contribution in [0, 0.1) is 5.92 Å². The maximum Gasteiger partial charge on any atom is 0.0489 e. The summed E-state index contributed by atoms with van der Waals surface area (Å²) in [4.78, 5) is 6.00. The highest BCUT2D eigenvalue weighted by atomic mass is 15.1. The fraction of sp³-hybridized carbons (Fsp3) is 0.529. The van der Waals surface area contributed by atoms with E-state index in [1.807, 2.05) is 0 Å². The summed E-state index contributed by atoms with van der Waals surface area (Å²) < 4.78 is 0. The molecule has 1 aromatic heterocycles. The van der Waals surface area contributed by atoms with Crippen molar-refractivity contribution in [3.05, 3.63) is 35.5 Å². The average molecular weight is 271 g/mol. The van der Waals surface area contributed by atoms with E-state index in [-0.39, 0.29) is 0 Å². The molecular formula is C17H25N3. The molecule has 1 aliphatic heterocycles. The van der Waals surface area contributed by atoms with Crippen molar-refractivity contribution in [1.29, 1.82) is 0 Å². The Bertz CT molecular complexity index is 585. The molecule has 0 bridgehead atoms. The molecule has 3 rings (SSSR count). The molecule has 3 nitrogen and oxygen atoms in total. The summed E-state index contributed by atoms with van der Waals surface area (Å²) in [6, 6.07) is 6.94. The zero-order valence-corrected chi connectivity index (χ0v) is 12.5. The predicted octanol–water partition coefficient (Wildman–Crippen LogP) is 2.90. The van der Waals surface area contributed by atoms with Crippen LogP contribution in [0.4, 0.5) is 0 Å². The lowest BCUT2D eigenvalue weighted by molar-refractivity contribution is 0.309. The Morgan fingerprint density at radius 2 is 2.25 bits per heavy atom. The molecule has 2 heterocycles. The summed E-state index contributed by atoms with van der Waals surface area (Å²) >= 11 is 0. The number of nitrogens with zero attached hydrogens (tertiary/aromatic N) is 1. The van der Waals surface area contributed by atoms with E-state index in [0.29, 0.717) is 12.0 Å². The van der Waals surface area contributed by atoms with Gasteiger partial charge in [-0.3, -0.25) is 4.90 Å². The molecule has 1 saturated heterocycles. The van der Waals surface area contributed by atoms with Crippen LogP contribution >= 0.6 is 0 Å². The van der Waals surface area contributed by atoms with Crippen LogP contribution in [0.25, 0.3) is 10.9 Å². The highest BCUT2D eigenvalue weighted by molar-refractivity contribution is 5.86. The maximum atomic E-state index is 6.03. The molecule has 1 fully saturated rings. The van der Waals surface area contributed by atoms with E-state index < -0.39 is 0 Å². The minimum absolute atomic E-state index is 0.315. The summed E-state index contributed by atoms with van der Waals surface area (Å²) in [5.41, 5.74) is 10.2. The van der Waals surface area contributed by atoms with Crippen LogP contribution in [0.1, 0.15) is 31.4 Å². The van der Waals surface area contributed by atoms with E-state index in [0.717, 1.165) is 19.5 Å². The first-order chi connectivity index (χ1) is 9.69. The van der Waals surface area contributed by atoms with Gasteiger partial charge in [0.2, 0.25) is 0 Å². The quantitative estimate of drug-likeness (QED) is 0.898. The summed E-state index contributed by atoms with van der Waals surface area (Å²) in [6.45, 7) is 7.69. The van der Waals surface area contributed by atoms with E-state index in [9.17, 15) is 0 Å². The van der Waals surface area contributed by atoms with E-state index in [1.54, 1.807) is 0 Å². The minimum atomic E-state index is 0.315. The lowest BCUT2D eigenvalue weighted by atomic mass is 10.0. The van der Waals surface area contributed by atoms with Crippen LogP contribution in [0.15, 0.2) is 24.4 Å². The third-order valence-corrected chi connectivity index (χ3v) is 4.71. The standard InChI is InChI=1S/C17H25N3/c1-3-13-5-4-6-16-15(9-19-17(13)16)11-20-8-7-14(10-20)12(2)18/h4-6,9,12,14,19H,3,7-8,10-11,18H2,1-2H3. The van der Waals surface area contributed by atoms with Gasteiger partial charge in [-0.05, 0) is 43.4 Å². The van der Waals surface area contributed by atoms with Crippen molar-refractivity contribution in [3.63, 3.8) is 0 Å². The first-order valence-electron chi connectivity index (χ1n) is 7.74. The molecule has 3 heteroatoms. The summed E-state index contributed by atoms with van der Waals surface area (Å²) in [5.74, 6) is 0.659. The van der Waals surface area contributed by atoms with Gasteiger partial charge < -0.3 is 10.7 Å². The third kappa shape index (κ3) is 2.48. The van der Waals surface area contributed by atoms with Crippen LogP contribution in [-0.4, -0.2) is 29.0 Å². The number of H-pyrrole nitrogens is 1. The number of hydrogen-bond donors (Lipinski definition) is 2. The molecule has 2 unspecified atom stereocenters. The van der Waals surface area contributed by atoms with Crippen molar-refractivity contribution in [2.24, 2.45) is 11.7 Å². The SMILES string of the molecule is CCc1cccc2c(CN3CCC(C(C)N)C3)c[nH]c12. The van der Waals surface area contributed by atoms with E-state index in [2.05, 4.69) is 48.1 Å². The number of likely N-dealkylation sites (tertiary alicyclic amines) is 1. The van der Waals surface area contributed by atoms with Crippen LogP contribution in [0.2, 0.25) is 0 Å². The Labute approximate surface area is 121 Å². The molecule has 0 saturated carbocycles. The zero-order valence-electron chi connectivity index (χ0n) is 12.5. The number of aromatic amines is 1. The van der Waals surface area contributed by atoms with Gasteiger partial charge in [-0.15, -0.1) is 0 Å². The summed E-state index contributed by atoms with van der Waals surface area (Å²) in [5, 5.41) is 1.38. The molecule has 20 heavy (non-hydrogen) atoms. The lowest BCUT2D eigenvalue weighted by Gasteiger charge is -2.17. The number of nitrogens with two attached hydrogens (primary N) is 1. The number of hydrogen-bond acceptors (Lipinski definition) is 2. The van der Waals surface area contributed by atoms with Crippen LogP contribution in [-0.2, 0) is 13.0 Å². The summed E-state index contributed by atoms with van der Waals surface area (Å²) in [7, 11) is 0. The molecular weight excluding hydrogens is 246 g/mol. The molecule has 2 aromatic rings. The number of fused-ring (bicyclic) bond motifs is 1. The Balaban J connectivity index is 1.79. The van der Waals surface area contributed by atoms with Crippen LogP contribution in [0.5, 0.6) is 0 Å². The maximum absolute atomic E-state index is 6.03. The number of para-hydroxylation sites is 1. The van der Waals surface area contributed by atoms with Crippen LogP contribution in [0.3, 0.4) is 0 Å². The Kier molecular flexibility index (Phi) is 3.81. The number of aryl methyl sites for hydroxylation is 1. The average Bonchev–Trinajstić information content (AvgIpc) is 3.06. The third-order valence-electron chi connectivity index (χ3n) is 4.71.